The lowest BCUT2D eigenvalue weighted by Gasteiger charge is -2.27. The van der Waals surface area contributed by atoms with Crippen molar-refractivity contribution in [2.45, 2.75) is 19.9 Å². The first-order chi connectivity index (χ1) is 10.5. The third-order valence-electron chi connectivity index (χ3n) is 4.04. The standard InChI is InChI=1S/C16H17N3O3/c1-10-3-5-11(6-4-10)15(20)19-8-7-12-13(9-19)18(2)17-14(12)16(21)22/h3-6H,7-9H2,1-2H3,(H,21,22). The highest BCUT2D eigenvalue weighted by molar-refractivity contribution is 5.94. The van der Waals surface area contributed by atoms with Gasteiger partial charge in [0, 0.05) is 24.7 Å². The van der Waals surface area contributed by atoms with Crippen LogP contribution in [0.5, 0.6) is 0 Å². The molecule has 6 nitrogen and oxygen atoms in total. The lowest BCUT2D eigenvalue weighted by Crippen LogP contribution is -2.36. The molecule has 1 N–H and O–H groups in total. The summed E-state index contributed by atoms with van der Waals surface area (Å²) in [6.45, 7) is 2.87. The third kappa shape index (κ3) is 2.36. The van der Waals surface area contributed by atoms with Crippen molar-refractivity contribution in [3.63, 3.8) is 0 Å². The van der Waals surface area contributed by atoms with Crippen LogP contribution in [0.25, 0.3) is 0 Å². The smallest absolute Gasteiger partial charge is 0.356 e. The van der Waals surface area contributed by atoms with Crippen molar-refractivity contribution in [3.8, 4) is 0 Å². The average molecular weight is 299 g/mol. The third-order valence-corrected chi connectivity index (χ3v) is 4.04. The molecule has 1 amide bonds. The SMILES string of the molecule is Cc1ccc(C(=O)N2CCc3c(C(=O)O)nn(C)c3C2)cc1. The van der Waals surface area contributed by atoms with Gasteiger partial charge in [-0.2, -0.15) is 5.10 Å². The van der Waals surface area contributed by atoms with Crippen molar-refractivity contribution >= 4 is 11.9 Å². The molecule has 114 valence electrons. The van der Waals surface area contributed by atoms with Gasteiger partial charge >= 0.3 is 5.97 Å². The second-order valence-electron chi connectivity index (χ2n) is 5.55. The molecule has 0 fully saturated rings. The maximum atomic E-state index is 12.6. The van der Waals surface area contributed by atoms with E-state index in [4.69, 9.17) is 0 Å². The van der Waals surface area contributed by atoms with Crippen molar-refractivity contribution in [2.24, 2.45) is 7.05 Å². The van der Waals surface area contributed by atoms with Gasteiger partial charge in [-0.1, -0.05) is 17.7 Å². The van der Waals surface area contributed by atoms with Gasteiger partial charge in [0.2, 0.25) is 0 Å². The molecule has 0 atom stereocenters. The number of amides is 1. The number of aromatic carboxylic acids is 1. The maximum Gasteiger partial charge on any atom is 0.356 e. The van der Waals surface area contributed by atoms with E-state index < -0.39 is 5.97 Å². The number of aromatic nitrogens is 2. The Balaban J connectivity index is 1.87. The lowest BCUT2D eigenvalue weighted by atomic mass is 10.0. The van der Waals surface area contributed by atoms with E-state index in [0.717, 1.165) is 16.8 Å². The fourth-order valence-corrected chi connectivity index (χ4v) is 2.79. The minimum absolute atomic E-state index is 0.0382. The summed E-state index contributed by atoms with van der Waals surface area (Å²) in [5, 5.41) is 13.2. The number of hydrogen-bond donors (Lipinski definition) is 1. The number of carboxylic acids is 1. The van der Waals surface area contributed by atoms with Crippen LogP contribution in [0.15, 0.2) is 24.3 Å². The minimum Gasteiger partial charge on any atom is -0.476 e. The molecule has 2 aromatic rings. The zero-order chi connectivity index (χ0) is 15.9. The summed E-state index contributed by atoms with van der Waals surface area (Å²) < 4.78 is 1.56. The highest BCUT2D eigenvalue weighted by atomic mass is 16.4. The highest BCUT2D eigenvalue weighted by Crippen LogP contribution is 2.23. The second-order valence-corrected chi connectivity index (χ2v) is 5.55. The van der Waals surface area contributed by atoms with Gasteiger partial charge in [-0.25, -0.2) is 4.79 Å². The van der Waals surface area contributed by atoms with E-state index in [9.17, 15) is 14.7 Å². The van der Waals surface area contributed by atoms with Gasteiger partial charge in [-0.3, -0.25) is 9.48 Å². The molecule has 3 rings (SSSR count). The molecular formula is C16H17N3O3. The molecule has 0 aliphatic carbocycles. The second kappa shape index (κ2) is 5.29. The summed E-state index contributed by atoms with van der Waals surface area (Å²) in [7, 11) is 1.71. The maximum absolute atomic E-state index is 12.6. The first-order valence-electron chi connectivity index (χ1n) is 7.11. The Kier molecular flexibility index (Phi) is 3.44. The molecule has 1 aromatic carbocycles. The molecule has 1 aliphatic heterocycles. The van der Waals surface area contributed by atoms with E-state index in [-0.39, 0.29) is 11.6 Å². The summed E-state index contributed by atoms with van der Waals surface area (Å²) in [6, 6.07) is 7.46. The number of hydrogen-bond acceptors (Lipinski definition) is 3. The Bertz CT molecular complexity index is 747. The Morgan fingerprint density at radius 2 is 1.91 bits per heavy atom. The summed E-state index contributed by atoms with van der Waals surface area (Å²) in [6.07, 6.45) is 0.516. The average Bonchev–Trinajstić information content (AvgIpc) is 2.84. The Hall–Kier alpha value is -2.63. The highest BCUT2D eigenvalue weighted by Gasteiger charge is 2.29. The van der Waals surface area contributed by atoms with Crippen LogP contribution in [0.4, 0.5) is 0 Å². The molecular weight excluding hydrogens is 282 g/mol. The fraction of sp³-hybridized carbons (Fsp3) is 0.312. The Morgan fingerprint density at radius 3 is 2.55 bits per heavy atom. The zero-order valence-corrected chi connectivity index (χ0v) is 12.5. The minimum atomic E-state index is -1.02. The van der Waals surface area contributed by atoms with Crippen LogP contribution in [0, 0.1) is 6.92 Å². The summed E-state index contributed by atoms with van der Waals surface area (Å²) in [5.74, 6) is -1.06. The normalized spacial score (nSPS) is 13.8. The molecule has 22 heavy (non-hydrogen) atoms. The number of carbonyl (C=O) groups is 2. The van der Waals surface area contributed by atoms with Crippen LogP contribution in [0.3, 0.4) is 0 Å². The van der Waals surface area contributed by atoms with Crippen LogP contribution in [0.1, 0.15) is 37.7 Å². The predicted octanol–water partition coefficient (Wildman–Crippen LogP) is 1.63. The van der Waals surface area contributed by atoms with E-state index in [1.165, 1.54) is 0 Å². The number of benzene rings is 1. The van der Waals surface area contributed by atoms with E-state index in [2.05, 4.69) is 5.10 Å². The summed E-state index contributed by atoms with van der Waals surface area (Å²) in [5.41, 5.74) is 3.39. The lowest BCUT2D eigenvalue weighted by molar-refractivity contribution is 0.0688. The summed E-state index contributed by atoms with van der Waals surface area (Å²) >= 11 is 0. The van der Waals surface area contributed by atoms with E-state index in [0.29, 0.717) is 25.1 Å². The molecule has 1 aliphatic rings. The van der Waals surface area contributed by atoms with Gasteiger partial charge < -0.3 is 10.0 Å². The number of carboxylic acid groups (broad SMARTS) is 1. The Labute approximate surface area is 128 Å². The van der Waals surface area contributed by atoms with Crippen LogP contribution in [-0.4, -0.2) is 38.2 Å². The topological polar surface area (TPSA) is 75.4 Å². The molecule has 6 heteroatoms. The largest absolute Gasteiger partial charge is 0.476 e. The Morgan fingerprint density at radius 1 is 1.23 bits per heavy atom. The van der Waals surface area contributed by atoms with Gasteiger partial charge in [0.15, 0.2) is 5.69 Å². The van der Waals surface area contributed by atoms with Crippen LogP contribution in [-0.2, 0) is 20.0 Å². The van der Waals surface area contributed by atoms with Gasteiger partial charge in [-0.05, 0) is 25.5 Å². The van der Waals surface area contributed by atoms with E-state index >= 15 is 0 Å². The number of fused-ring (bicyclic) bond motifs is 1. The molecule has 2 heterocycles. The van der Waals surface area contributed by atoms with E-state index in [1.807, 2.05) is 31.2 Å². The van der Waals surface area contributed by atoms with Crippen molar-refractivity contribution < 1.29 is 14.7 Å². The zero-order valence-electron chi connectivity index (χ0n) is 12.5. The van der Waals surface area contributed by atoms with Crippen LogP contribution in [0.2, 0.25) is 0 Å². The molecule has 0 radical (unpaired) electrons. The fourth-order valence-electron chi connectivity index (χ4n) is 2.79. The molecule has 1 aromatic heterocycles. The monoisotopic (exact) mass is 299 g/mol. The molecule has 0 spiro atoms. The first kappa shape index (κ1) is 14.3. The molecule has 0 saturated carbocycles. The van der Waals surface area contributed by atoms with Crippen molar-refractivity contribution in [2.75, 3.05) is 6.54 Å². The summed E-state index contributed by atoms with van der Waals surface area (Å²) in [4.78, 5) is 25.5. The number of nitrogens with zero attached hydrogens (tertiary/aromatic N) is 3. The van der Waals surface area contributed by atoms with Crippen LogP contribution < -0.4 is 0 Å². The van der Waals surface area contributed by atoms with Crippen molar-refractivity contribution in [3.05, 3.63) is 52.3 Å². The van der Waals surface area contributed by atoms with Crippen LogP contribution >= 0.6 is 0 Å². The predicted molar refractivity (Wildman–Crippen MR) is 79.8 cm³/mol. The van der Waals surface area contributed by atoms with Gasteiger partial charge in [-0.15, -0.1) is 0 Å². The molecule has 0 unspecified atom stereocenters. The van der Waals surface area contributed by atoms with Crippen molar-refractivity contribution in [1.82, 2.24) is 14.7 Å². The number of carbonyl (C=O) groups excluding carboxylic acids is 1. The molecule has 0 saturated heterocycles. The van der Waals surface area contributed by atoms with Gasteiger partial charge in [0.1, 0.15) is 0 Å². The van der Waals surface area contributed by atoms with Crippen molar-refractivity contribution in [1.29, 1.82) is 0 Å². The quantitative estimate of drug-likeness (QED) is 0.914. The number of aryl methyl sites for hydroxylation is 2. The first-order valence-corrected chi connectivity index (χ1v) is 7.11. The molecule has 0 bridgehead atoms. The van der Waals surface area contributed by atoms with E-state index in [1.54, 1.807) is 16.6 Å². The number of rotatable bonds is 2. The van der Waals surface area contributed by atoms with Gasteiger partial charge in [0.05, 0.1) is 12.2 Å². The van der Waals surface area contributed by atoms with Gasteiger partial charge in [0.25, 0.3) is 5.91 Å².